The van der Waals surface area contributed by atoms with Gasteiger partial charge in [0.05, 0.1) is 11.3 Å². The summed E-state index contributed by atoms with van der Waals surface area (Å²) in [4.78, 5) is 0. The molecule has 114 valence electrons. The van der Waals surface area contributed by atoms with E-state index in [0.717, 1.165) is 6.07 Å². The fraction of sp³-hybridized carbons (Fsp3) is 0.429. The maximum absolute atomic E-state index is 13.1. The molecule has 0 aliphatic heterocycles. The van der Waals surface area contributed by atoms with E-state index >= 15 is 0 Å². The molecular weight excluding hydrogens is 281 g/mol. The number of nitrogens with zero attached hydrogens (tertiary/aromatic N) is 3. The zero-order valence-corrected chi connectivity index (χ0v) is 11.9. The Balaban J connectivity index is 2.34. The normalized spacial score (nSPS) is 13.4. The Bertz CT molecular complexity index is 592. The lowest BCUT2D eigenvalue weighted by Gasteiger charge is -2.21. The SMILES string of the molecule is CCNC(Cc1cn(C)nn1)c1ccccc1C(F)(F)F. The van der Waals surface area contributed by atoms with Gasteiger partial charge in [-0.3, -0.25) is 4.68 Å². The van der Waals surface area contributed by atoms with Crippen LogP contribution in [0.3, 0.4) is 0 Å². The number of benzene rings is 1. The van der Waals surface area contributed by atoms with Crippen molar-refractivity contribution in [2.45, 2.75) is 25.6 Å². The largest absolute Gasteiger partial charge is 0.416 e. The van der Waals surface area contributed by atoms with Crippen molar-refractivity contribution >= 4 is 0 Å². The van der Waals surface area contributed by atoms with Gasteiger partial charge in [-0.05, 0) is 18.2 Å². The van der Waals surface area contributed by atoms with Crippen LogP contribution >= 0.6 is 0 Å². The molecule has 1 aromatic heterocycles. The Hall–Kier alpha value is -1.89. The van der Waals surface area contributed by atoms with E-state index in [1.165, 1.54) is 16.8 Å². The Labute approximate surface area is 121 Å². The minimum atomic E-state index is -4.37. The summed E-state index contributed by atoms with van der Waals surface area (Å²) in [7, 11) is 1.72. The molecule has 7 heteroatoms. The summed E-state index contributed by atoms with van der Waals surface area (Å²) in [5.74, 6) is 0. The van der Waals surface area contributed by atoms with Gasteiger partial charge in [0, 0.05) is 25.7 Å². The van der Waals surface area contributed by atoms with E-state index in [1.807, 2.05) is 6.92 Å². The Morgan fingerprint density at radius 1 is 1.29 bits per heavy atom. The fourth-order valence-electron chi connectivity index (χ4n) is 2.30. The number of halogens is 3. The lowest BCUT2D eigenvalue weighted by Crippen LogP contribution is -2.26. The topological polar surface area (TPSA) is 42.7 Å². The minimum Gasteiger partial charge on any atom is -0.310 e. The van der Waals surface area contributed by atoms with Gasteiger partial charge in [-0.2, -0.15) is 13.2 Å². The average Bonchev–Trinajstić information content (AvgIpc) is 2.83. The summed E-state index contributed by atoms with van der Waals surface area (Å²) in [6.45, 7) is 2.43. The first-order valence-electron chi connectivity index (χ1n) is 6.66. The van der Waals surface area contributed by atoms with Crippen LogP contribution in [0.15, 0.2) is 30.5 Å². The van der Waals surface area contributed by atoms with Crippen molar-refractivity contribution in [2.75, 3.05) is 6.54 Å². The summed E-state index contributed by atoms with van der Waals surface area (Å²) in [6, 6.07) is 5.18. The number of aryl methyl sites for hydroxylation is 1. The number of alkyl halides is 3. The van der Waals surface area contributed by atoms with Gasteiger partial charge in [0.1, 0.15) is 0 Å². The van der Waals surface area contributed by atoms with Crippen LogP contribution in [0, 0.1) is 0 Å². The van der Waals surface area contributed by atoms with Crippen molar-refractivity contribution in [1.29, 1.82) is 0 Å². The third kappa shape index (κ3) is 3.81. The molecule has 0 bridgehead atoms. The molecule has 0 fully saturated rings. The van der Waals surface area contributed by atoms with Crippen LogP contribution in [0.2, 0.25) is 0 Å². The van der Waals surface area contributed by atoms with E-state index < -0.39 is 17.8 Å². The Morgan fingerprint density at radius 3 is 2.57 bits per heavy atom. The molecule has 0 saturated carbocycles. The molecule has 2 aromatic rings. The van der Waals surface area contributed by atoms with Gasteiger partial charge in [0.15, 0.2) is 0 Å². The summed E-state index contributed by atoms with van der Waals surface area (Å²) < 4.78 is 40.9. The zero-order valence-electron chi connectivity index (χ0n) is 11.9. The van der Waals surface area contributed by atoms with E-state index in [2.05, 4.69) is 15.6 Å². The molecule has 0 radical (unpaired) electrons. The molecule has 1 unspecified atom stereocenters. The van der Waals surface area contributed by atoms with E-state index in [4.69, 9.17) is 0 Å². The number of rotatable bonds is 5. The van der Waals surface area contributed by atoms with Crippen molar-refractivity contribution < 1.29 is 13.2 Å². The first-order valence-corrected chi connectivity index (χ1v) is 6.66. The van der Waals surface area contributed by atoms with Gasteiger partial charge in [0.2, 0.25) is 0 Å². The van der Waals surface area contributed by atoms with Crippen LogP contribution in [0.5, 0.6) is 0 Å². The summed E-state index contributed by atoms with van der Waals surface area (Å²) in [5, 5.41) is 10.9. The van der Waals surface area contributed by atoms with Crippen molar-refractivity contribution in [3.05, 3.63) is 47.3 Å². The second-order valence-corrected chi connectivity index (χ2v) is 4.78. The monoisotopic (exact) mass is 298 g/mol. The highest BCUT2D eigenvalue weighted by Crippen LogP contribution is 2.35. The van der Waals surface area contributed by atoms with Crippen molar-refractivity contribution in [2.24, 2.45) is 7.05 Å². The number of aromatic nitrogens is 3. The molecule has 0 saturated heterocycles. The highest BCUT2D eigenvalue weighted by Gasteiger charge is 2.34. The number of hydrogen-bond donors (Lipinski definition) is 1. The standard InChI is InChI=1S/C14H17F3N4/c1-3-18-13(8-10-9-21(2)20-19-10)11-6-4-5-7-12(11)14(15,16)17/h4-7,9,13,18H,3,8H2,1-2H3. The maximum atomic E-state index is 13.1. The minimum absolute atomic E-state index is 0.234. The Kier molecular flexibility index (Phi) is 4.62. The second kappa shape index (κ2) is 6.26. The van der Waals surface area contributed by atoms with Gasteiger partial charge in [-0.25, -0.2) is 0 Å². The molecule has 21 heavy (non-hydrogen) atoms. The molecule has 0 spiro atoms. The number of hydrogen-bond acceptors (Lipinski definition) is 3. The van der Waals surface area contributed by atoms with Gasteiger partial charge < -0.3 is 5.32 Å². The molecule has 0 aliphatic rings. The summed E-state index contributed by atoms with van der Waals surface area (Å²) >= 11 is 0. The Morgan fingerprint density at radius 2 is 2.00 bits per heavy atom. The lowest BCUT2D eigenvalue weighted by atomic mass is 9.96. The molecule has 1 atom stereocenters. The van der Waals surface area contributed by atoms with E-state index in [1.54, 1.807) is 19.3 Å². The predicted octanol–water partition coefficient (Wildman–Crippen LogP) is 2.73. The van der Waals surface area contributed by atoms with Gasteiger partial charge >= 0.3 is 6.18 Å². The zero-order chi connectivity index (χ0) is 15.5. The van der Waals surface area contributed by atoms with Gasteiger partial charge in [-0.1, -0.05) is 30.3 Å². The lowest BCUT2D eigenvalue weighted by molar-refractivity contribution is -0.138. The first kappa shape index (κ1) is 15.5. The molecule has 0 aliphatic carbocycles. The van der Waals surface area contributed by atoms with Crippen LogP contribution in [0.25, 0.3) is 0 Å². The smallest absolute Gasteiger partial charge is 0.310 e. The van der Waals surface area contributed by atoms with Crippen molar-refractivity contribution in [3.8, 4) is 0 Å². The third-order valence-corrected chi connectivity index (χ3v) is 3.16. The molecule has 0 amide bonds. The van der Waals surface area contributed by atoms with Crippen LogP contribution < -0.4 is 5.32 Å². The molecule has 2 rings (SSSR count). The summed E-state index contributed by atoms with van der Waals surface area (Å²) in [6.07, 6.45) is -2.30. The quantitative estimate of drug-likeness (QED) is 0.923. The van der Waals surface area contributed by atoms with Gasteiger partial charge in [0.25, 0.3) is 0 Å². The van der Waals surface area contributed by atoms with E-state index in [0.29, 0.717) is 18.7 Å². The van der Waals surface area contributed by atoms with Crippen LogP contribution in [-0.4, -0.2) is 21.5 Å². The first-order chi connectivity index (χ1) is 9.91. The van der Waals surface area contributed by atoms with Crippen LogP contribution in [0.1, 0.15) is 29.8 Å². The fourth-order valence-corrected chi connectivity index (χ4v) is 2.30. The molecule has 1 N–H and O–H groups in total. The van der Waals surface area contributed by atoms with Crippen molar-refractivity contribution in [3.63, 3.8) is 0 Å². The second-order valence-electron chi connectivity index (χ2n) is 4.78. The number of likely N-dealkylation sites (N-methyl/N-ethyl adjacent to an activating group) is 1. The molecule has 4 nitrogen and oxygen atoms in total. The maximum Gasteiger partial charge on any atom is 0.416 e. The molecular formula is C14H17F3N4. The number of nitrogens with one attached hydrogen (secondary N) is 1. The average molecular weight is 298 g/mol. The summed E-state index contributed by atoms with van der Waals surface area (Å²) in [5.41, 5.74) is 0.276. The van der Waals surface area contributed by atoms with Gasteiger partial charge in [-0.15, -0.1) is 5.10 Å². The third-order valence-electron chi connectivity index (χ3n) is 3.16. The molecule has 1 heterocycles. The van der Waals surface area contributed by atoms with Crippen molar-refractivity contribution in [1.82, 2.24) is 20.3 Å². The van der Waals surface area contributed by atoms with E-state index in [-0.39, 0.29) is 5.56 Å². The molecule has 1 aromatic carbocycles. The van der Waals surface area contributed by atoms with Crippen LogP contribution in [0.4, 0.5) is 13.2 Å². The van der Waals surface area contributed by atoms with E-state index in [9.17, 15) is 13.2 Å². The predicted molar refractivity (Wildman–Crippen MR) is 72.6 cm³/mol. The highest BCUT2D eigenvalue weighted by atomic mass is 19.4. The highest BCUT2D eigenvalue weighted by molar-refractivity contribution is 5.33. The van der Waals surface area contributed by atoms with Crippen LogP contribution in [-0.2, 0) is 19.6 Å².